The molecule has 1 heterocycles. The third-order valence-corrected chi connectivity index (χ3v) is 8.44. The van der Waals surface area contributed by atoms with Crippen molar-refractivity contribution in [3.8, 4) is 11.5 Å². The molecule has 3 aromatic rings. The van der Waals surface area contributed by atoms with E-state index in [1.54, 1.807) is 0 Å². The quantitative estimate of drug-likeness (QED) is 0.240. The summed E-state index contributed by atoms with van der Waals surface area (Å²) >= 11 is 12.7. The molecule has 0 bridgehead atoms. The molecule has 1 saturated carbocycles. The van der Waals surface area contributed by atoms with Crippen molar-refractivity contribution in [1.29, 1.82) is 0 Å². The predicted molar refractivity (Wildman–Crippen MR) is 152 cm³/mol. The second-order valence-electron chi connectivity index (χ2n) is 9.46. The lowest BCUT2D eigenvalue weighted by atomic mass is 10.0. The van der Waals surface area contributed by atoms with Gasteiger partial charge < -0.3 is 24.4 Å². The summed E-state index contributed by atoms with van der Waals surface area (Å²) in [6.45, 7) is -3.61. The first-order valence-electron chi connectivity index (χ1n) is 12.9. The Hall–Kier alpha value is -3.56. The topological polar surface area (TPSA) is 161 Å². The molecule has 0 unspecified atom stereocenters. The Morgan fingerprint density at radius 1 is 1.07 bits per heavy atom. The largest absolute Gasteiger partial charge is 0.870 e. The average molecular weight is 678 g/mol. The van der Waals surface area contributed by atoms with Crippen LogP contribution in [-0.2, 0) is 30.7 Å². The Labute approximate surface area is 261 Å². The summed E-state index contributed by atoms with van der Waals surface area (Å²) in [6.07, 6.45) is 3.78. The molecule has 1 fully saturated rings. The molecule has 1 aliphatic rings. The first kappa shape index (κ1) is 34.9. The minimum absolute atomic E-state index is 0. The normalized spacial score (nSPS) is 13.5. The summed E-state index contributed by atoms with van der Waals surface area (Å²) in [5.41, 5.74) is 0.664. The Bertz CT molecular complexity index is 1570. The molecule has 2 aromatic carbocycles. The van der Waals surface area contributed by atoms with E-state index in [1.165, 1.54) is 55.8 Å². The van der Waals surface area contributed by atoms with Crippen molar-refractivity contribution < 1.29 is 56.2 Å². The van der Waals surface area contributed by atoms with Crippen molar-refractivity contribution >= 4 is 45.2 Å². The molecule has 44 heavy (non-hydrogen) atoms. The van der Waals surface area contributed by atoms with Crippen LogP contribution in [0.2, 0.25) is 10.0 Å². The van der Waals surface area contributed by atoms with Crippen LogP contribution in [0, 0.1) is 5.92 Å². The number of nitrogens with one attached hydrogen (secondary N) is 2. The fourth-order valence-electron chi connectivity index (χ4n) is 3.92. The van der Waals surface area contributed by atoms with Crippen LogP contribution < -0.4 is 19.2 Å². The van der Waals surface area contributed by atoms with Crippen molar-refractivity contribution in [3.05, 3.63) is 81.6 Å². The minimum Gasteiger partial charge on any atom is -0.870 e. The molecular weight excluding hydrogens is 649 g/mol. The Morgan fingerprint density at radius 2 is 1.77 bits per heavy atom. The van der Waals surface area contributed by atoms with Crippen LogP contribution in [0.4, 0.5) is 8.78 Å². The van der Waals surface area contributed by atoms with Gasteiger partial charge in [-0.3, -0.25) is 0 Å². The zero-order valence-electron chi connectivity index (χ0n) is 23.1. The molecular formula is C28H28Cl2F2N2O9S. The van der Waals surface area contributed by atoms with Gasteiger partial charge in [0.05, 0.1) is 17.1 Å². The maximum atomic E-state index is 13.0. The number of hydrogen-bond donors (Lipinski definition) is 1. The van der Waals surface area contributed by atoms with E-state index in [1.807, 2.05) is 0 Å². The number of sulfonamides is 1. The van der Waals surface area contributed by atoms with Crippen LogP contribution >= 0.6 is 23.2 Å². The van der Waals surface area contributed by atoms with E-state index in [0.29, 0.717) is 23.7 Å². The number of benzene rings is 2. The molecule has 0 spiro atoms. The van der Waals surface area contributed by atoms with Crippen LogP contribution in [-0.4, -0.2) is 52.7 Å². The van der Waals surface area contributed by atoms with E-state index >= 15 is 0 Å². The zero-order valence-corrected chi connectivity index (χ0v) is 25.4. The highest BCUT2D eigenvalue weighted by molar-refractivity contribution is 7.89. The second kappa shape index (κ2) is 15.4. The van der Waals surface area contributed by atoms with E-state index in [0.717, 1.165) is 18.9 Å². The van der Waals surface area contributed by atoms with Crippen LogP contribution in [0.25, 0.3) is 0 Å². The molecule has 0 amide bonds. The maximum absolute atomic E-state index is 13.0. The number of carbonyl (C=O) groups excluding carboxylic acids is 2. The summed E-state index contributed by atoms with van der Waals surface area (Å²) in [4.78, 5) is 28.1. The number of pyridine rings is 1. The number of H-pyrrole nitrogens is 1. The Balaban J connectivity index is 0.00000529. The van der Waals surface area contributed by atoms with Crippen molar-refractivity contribution in [2.24, 2.45) is 5.92 Å². The molecule has 4 rings (SSSR count). The molecule has 1 aromatic heterocycles. The smallest absolute Gasteiger partial charge is 0.387 e. The number of alkyl halides is 2. The Kier molecular flexibility index (Phi) is 12.3. The lowest BCUT2D eigenvalue weighted by Gasteiger charge is -2.21. The van der Waals surface area contributed by atoms with Gasteiger partial charge in [0.1, 0.15) is 16.1 Å². The number of halogens is 4. The van der Waals surface area contributed by atoms with E-state index < -0.39 is 41.3 Å². The highest BCUT2D eigenvalue weighted by atomic mass is 35.5. The van der Waals surface area contributed by atoms with Crippen LogP contribution in [0.5, 0.6) is 11.5 Å². The highest BCUT2D eigenvalue weighted by Crippen LogP contribution is 2.37. The molecule has 3 N–H and O–H groups in total. The molecule has 0 saturated heterocycles. The summed E-state index contributed by atoms with van der Waals surface area (Å²) in [7, 11) is -2.60. The van der Waals surface area contributed by atoms with Crippen molar-refractivity contribution in [3.63, 3.8) is 0 Å². The van der Waals surface area contributed by atoms with E-state index in [2.05, 4.69) is 14.4 Å². The predicted octanol–water partition coefficient (Wildman–Crippen LogP) is 4.61. The van der Waals surface area contributed by atoms with Gasteiger partial charge in [0.25, 0.3) is 0 Å². The first-order valence-corrected chi connectivity index (χ1v) is 15.2. The van der Waals surface area contributed by atoms with Gasteiger partial charge in [-0.2, -0.15) is 8.78 Å². The maximum Gasteiger partial charge on any atom is 0.387 e. The van der Waals surface area contributed by atoms with E-state index in [9.17, 15) is 26.8 Å². The van der Waals surface area contributed by atoms with Crippen molar-refractivity contribution in [1.82, 2.24) is 4.72 Å². The van der Waals surface area contributed by atoms with Gasteiger partial charge in [-0.25, -0.2) is 27.7 Å². The van der Waals surface area contributed by atoms with Crippen molar-refractivity contribution in [2.75, 3.05) is 20.3 Å². The molecule has 16 heteroatoms. The van der Waals surface area contributed by atoms with Gasteiger partial charge >= 0.3 is 18.6 Å². The third kappa shape index (κ3) is 9.47. The average Bonchev–Trinajstić information content (AvgIpc) is 3.81. The fourth-order valence-corrected chi connectivity index (χ4v) is 5.22. The van der Waals surface area contributed by atoms with Crippen molar-refractivity contribution in [2.45, 2.75) is 36.9 Å². The number of esters is 2. The third-order valence-electron chi connectivity index (χ3n) is 6.36. The Morgan fingerprint density at radius 3 is 2.41 bits per heavy atom. The number of carbonyl (C=O) groups is 2. The molecule has 0 aliphatic heterocycles. The second-order valence-corrected chi connectivity index (χ2v) is 12.2. The first-order chi connectivity index (χ1) is 20.5. The van der Waals surface area contributed by atoms with Gasteiger partial charge in [0.2, 0.25) is 10.0 Å². The summed E-state index contributed by atoms with van der Waals surface area (Å²) in [6, 6.07) is 9.20. The van der Waals surface area contributed by atoms with Gasteiger partial charge in [0.15, 0.2) is 30.5 Å². The van der Waals surface area contributed by atoms with Gasteiger partial charge in [-0.15, -0.1) is 0 Å². The number of rotatable bonds is 14. The number of hydrogen-bond acceptors (Lipinski definition) is 9. The van der Waals surface area contributed by atoms with Gasteiger partial charge in [-0.1, -0.05) is 35.3 Å². The van der Waals surface area contributed by atoms with E-state index in [4.69, 9.17) is 37.4 Å². The lowest BCUT2D eigenvalue weighted by molar-refractivity contribution is -0.377. The monoisotopic (exact) mass is 676 g/mol. The molecule has 1 atom stereocenters. The molecule has 238 valence electrons. The fraction of sp³-hybridized carbons (Fsp3) is 0.321. The van der Waals surface area contributed by atoms with Crippen LogP contribution in [0.3, 0.4) is 0 Å². The number of aromatic nitrogens is 1. The lowest BCUT2D eigenvalue weighted by Crippen LogP contribution is -2.21. The number of ether oxygens (including phenoxy) is 4. The van der Waals surface area contributed by atoms with Gasteiger partial charge in [-0.05, 0) is 61.7 Å². The SMILES string of the molecule is CNS(=O)(=O)c1cccc(C(=O)OCC(=O)O[C@@H](Cc2c(Cl)c[nH+]cc2Cl)c2ccc(OC(F)F)c(OCC3CC3)c2)c1.[OH-]. The van der Waals surface area contributed by atoms with Crippen LogP contribution in [0.15, 0.2) is 59.8 Å². The molecule has 1 aliphatic carbocycles. The van der Waals surface area contributed by atoms with Gasteiger partial charge in [0, 0.05) is 12.0 Å². The minimum atomic E-state index is -3.82. The number of aromatic amines is 1. The zero-order chi connectivity index (χ0) is 31.1. The standard InChI is InChI=1S/C28H26Cl2F2N2O8S.H2O/c1-33-43(37,38)19-4-2-3-18(9-19)27(36)40-15-26(35)41-24(11-20-21(29)12-34-13-22(20)30)17-7-8-23(42-28(31)32)25(10-17)39-14-16-5-6-16;/h2-4,7-10,12-13,16,24,28,33H,5-6,11,14-15H2,1H3;1H2/t24-;/m0./s1. The summed E-state index contributed by atoms with van der Waals surface area (Å²) in [5.74, 6) is -1.77. The summed E-state index contributed by atoms with van der Waals surface area (Å²) < 4.78 is 73.4. The van der Waals surface area contributed by atoms with E-state index in [-0.39, 0.29) is 43.9 Å². The summed E-state index contributed by atoms with van der Waals surface area (Å²) in [5, 5.41) is 0.499. The highest BCUT2D eigenvalue weighted by Gasteiger charge is 2.27. The molecule has 11 nitrogen and oxygen atoms in total. The molecule has 0 radical (unpaired) electrons. The van der Waals surface area contributed by atoms with Crippen LogP contribution in [0.1, 0.15) is 40.4 Å².